The first-order valence-corrected chi connectivity index (χ1v) is 8.12. The Balaban J connectivity index is 2.28. The third-order valence-corrected chi connectivity index (χ3v) is 3.37. The first-order valence-electron chi connectivity index (χ1n) is 5.85. The summed E-state index contributed by atoms with van der Waals surface area (Å²) in [6, 6.07) is 9.56. The Labute approximate surface area is 127 Å². The highest BCUT2D eigenvalue weighted by atomic mass is 35.5. The fourth-order valence-corrected chi connectivity index (χ4v) is 2.41. The zero-order valence-electron chi connectivity index (χ0n) is 11.0. The van der Waals surface area contributed by atoms with Crippen LogP contribution in [-0.2, 0) is 10.0 Å². The first-order chi connectivity index (χ1) is 9.87. The van der Waals surface area contributed by atoms with Crippen molar-refractivity contribution in [1.29, 1.82) is 0 Å². The Hall–Kier alpha value is -2.12. The molecule has 0 radical (unpaired) electrons. The van der Waals surface area contributed by atoms with E-state index in [1.54, 1.807) is 30.3 Å². The maximum absolute atomic E-state index is 12.1. The van der Waals surface area contributed by atoms with Crippen molar-refractivity contribution in [1.82, 2.24) is 4.98 Å². The summed E-state index contributed by atoms with van der Waals surface area (Å²) in [5.74, 6) is -0.476. The van der Waals surface area contributed by atoms with Crippen LogP contribution in [0.3, 0.4) is 0 Å². The van der Waals surface area contributed by atoms with Crippen molar-refractivity contribution in [2.75, 3.05) is 16.3 Å². The van der Waals surface area contributed by atoms with Crippen LogP contribution < -0.4 is 10.0 Å². The van der Waals surface area contributed by atoms with Crippen molar-refractivity contribution in [2.24, 2.45) is 0 Å². The Morgan fingerprint density at radius 3 is 2.43 bits per heavy atom. The largest absolute Gasteiger partial charge is 0.320 e. The van der Waals surface area contributed by atoms with Crippen LogP contribution in [0.5, 0.6) is 0 Å². The lowest BCUT2D eigenvalue weighted by atomic mass is 10.2. The van der Waals surface area contributed by atoms with Gasteiger partial charge in [0, 0.05) is 6.20 Å². The second kappa shape index (κ2) is 6.11. The van der Waals surface area contributed by atoms with E-state index in [1.807, 2.05) is 0 Å². The van der Waals surface area contributed by atoms with Gasteiger partial charge in [0.25, 0.3) is 5.91 Å². The van der Waals surface area contributed by atoms with Gasteiger partial charge in [0.2, 0.25) is 10.0 Å². The topological polar surface area (TPSA) is 88.2 Å². The molecule has 2 rings (SSSR count). The molecule has 110 valence electrons. The molecule has 0 atom stereocenters. The number of sulfonamides is 1. The van der Waals surface area contributed by atoms with Gasteiger partial charge in [0.1, 0.15) is 5.15 Å². The molecule has 1 aromatic carbocycles. The summed E-state index contributed by atoms with van der Waals surface area (Å²) in [6.45, 7) is 0. The molecule has 2 N–H and O–H groups in total. The molecule has 1 amide bonds. The SMILES string of the molecule is CS(=O)(=O)Nc1ccccc1NC(=O)c1cccnc1Cl. The minimum absolute atomic E-state index is 0.0727. The van der Waals surface area contributed by atoms with E-state index in [2.05, 4.69) is 15.0 Å². The number of anilines is 2. The molecule has 0 saturated heterocycles. The Morgan fingerprint density at radius 1 is 1.14 bits per heavy atom. The number of nitrogens with one attached hydrogen (secondary N) is 2. The summed E-state index contributed by atoms with van der Waals surface area (Å²) in [4.78, 5) is 16.0. The van der Waals surface area contributed by atoms with Crippen LogP contribution in [0.1, 0.15) is 10.4 Å². The van der Waals surface area contributed by atoms with E-state index in [4.69, 9.17) is 11.6 Å². The molecular formula is C13H12ClN3O3S. The highest BCUT2D eigenvalue weighted by molar-refractivity contribution is 7.92. The van der Waals surface area contributed by atoms with Crippen LogP contribution in [-0.4, -0.2) is 25.6 Å². The zero-order valence-corrected chi connectivity index (χ0v) is 12.6. The molecule has 6 nitrogen and oxygen atoms in total. The van der Waals surface area contributed by atoms with Crippen LogP contribution in [0, 0.1) is 0 Å². The number of rotatable bonds is 4. The van der Waals surface area contributed by atoms with Crippen molar-refractivity contribution < 1.29 is 13.2 Å². The van der Waals surface area contributed by atoms with Gasteiger partial charge in [0.05, 0.1) is 23.2 Å². The van der Waals surface area contributed by atoms with E-state index in [1.165, 1.54) is 12.3 Å². The van der Waals surface area contributed by atoms with Crippen LogP contribution in [0.4, 0.5) is 11.4 Å². The monoisotopic (exact) mass is 325 g/mol. The number of para-hydroxylation sites is 2. The second-order valence-corrected chi connectivity index (χ2v) is 6.32. The van der Waals surface area contributed by atoms with E-state index in [0.29, 0.717) is 5.69 Å². The van der Waals surface area contributed by atoms with Crippen LogP contribution >= 0.6 is 11.6 Å². The molecule has 0 aliphatic heterocycles. The summed E-state index contributed by atoms with van der Waals surface area (Å²) in [5.41, 5.74) is 0.800. The van der Waals surface area contributed by atoms with Gasteiger partial charge < -0.3 is 5.32 Å². The lowest BCUT2D eigenvalue weighted by Gasteiger charge is -2.12. The molecular weight excluding hydrogens is 314 g/mol. The smallest absolute Gasteiger partial charge is 0.258 e. The van der Waals surface area contributed by atoms with Crippen molar-refractivity contribution in [2.45, 2.75) is 0 Å². The number of halogens is 1. The Kier molecular flexibility index (Phi) is 4.44. The van der Waals surface area contributed by atoms with Gasteiger partial charge in [-0.2, -0.15) is 0 Å². The number of benzene rings is 1. The summed E-state index contributed by atoms with van der Waals surface area (Å²) in [7, 11) is -3.45. The predicted octanol–water partition coefficient (Wildman–Crippen LogP) is 2.36. The van der Waals surface area contributed by atoms with Crippen LogP contribution in [0.2, 0.25) is 5.15 Å². The van der Waals surface area contributed by atoms with Crippen molar-refractivity contribution >= 4 is 38.9 Å². The number of carbonyl (C=O) groups excluding carboxylic acids is 1. The number of aromatic nitrogens is 1. The molecule has 0 fully saturated rings. The zero-order chi connectivity index (χ0) is 15.5. The number of pyridine rings is 1. The van der Waals surface area contributed by atoms with E-state index < -0.39 is 15.9 Å². The van der Waals surface area contributed by atoms with Gasteiger partial charge in [-0.05, 0) is 24.3 Å². The molecule has 0 bridgehead atoms. The van der Waals surface area contributed by atoms with Crippen LogP contribution in [0.25, 0.3) is 0 Å². The highest BCUT2D eigenvalue weighted by Crippen LogP contribution is 2.23. The number of nitrogens with zero attached hydrogens (tertiary/aromatic N) is 1. The molecule has 0 aliphatic carbocycles. The lowest BCUT2D eigenvalue weighted by Crippen LogP contribution is -2.16. The maximum atomic E-state index is 12.1. The van der Waals surface area contributed by atoms with Gasteiger partial charge in [-0.15, -0.1) is 0 Å². The van der Waals surface area contributed by atoms with Crippen LogP contribution in [0.15, 0.2) is 42.6 Å². The van der Waals surface area contributed by atoms with E-state index in [0.717, 1.165) is 6.26 Å². The summed E-state index contributed by atoms with van der Waals surface area (Å²) < 4.78 is 24.9. The van der Waals surface area contributed by atoms with E-state index in [9.17, 15) is 13.2 Å². The molecule has 0 unspecified atom stereocenters. The second-order valence-electron chi connectivity index (χ2n) is 4.22. The molecule has 0 aliphatic rings. The lowest BCUT2D eigenvalue weighted by molar-refractivity contribution is 0.102. The van der Waals surface area contributed by atoms with Crippen molar-refractivity contribution in [3.8, 4) is 0 Å². The van der Waals surface area contributed by atoms with Gasteiger partial charge in [-0.1, -0.05) is 23.7 Å². The Bertz CT molecular complexity index is 778. The van der Waals surface area contributed by atoms with Gasteiger partial charge >= 0.3 is 0 Å². The summed E-state index contributed by atoms with van der Waals surface area (Å²) >= 11 is 5.85. The molecule has 21 heavy (non-hydrogen) atoms. The number of hydrogen-bond acceptors (Lipinski definition) is 4. The molecule has 0 saturated carbocycles. The van der Waals surface area contributed by atoms with Gasteiger partial charge in [-0.25, -0.2) is 13.4 Å². The molecule has 1 heterocycles. The predicted molar refractivity (Wildman–Crippen MR) is 82.1 cm³/mol. The van der Waals surface area contributed by atoms with E-state index in [-0.39, 0.29) is 16.4 Å². The number of hydrogen-bond donors (Lipinski definition) is 2. The average molecular weight is 326 g/mol. The Morgan fingerprint density at radius 2 is 1.81 bits per heavy atom. The van der Waals surface area contributed by atoms with E-state index >= 15 is 0 Å². The minimum atomic E-state index is -3.45. The molecule has 0 spiro atoms. The summed E-state index contributed by atoms with van der Waals surface area (Å²) in [6.07, 6.45) is 2.50. The fourth-order valence-electron chi connectivity index (χ4n) is 1.63. The fraction of sp³-hybridized carbons (Fsp3) is 0.0769. The van der Waals surface area contributed by atoms with Crippen molar-refractivity contribution in [3.05, 3.63) is 53.3 Å². The van der Waals surface area contributed by atoms with Crippen molar-refractivity contribution in [3.63, 3.8) is 0 Å². The normalized spacial score (nSPS) is 11.0. The third kappa shape index (κ3) is 4.17. The minimum Gasteiger partial charge on any atom is -0.320 e. The third-order valence-electron chi connectivity index (χ3n) is 2.47. The molecule has 1 aromatic heterocycles. The summed E-state index contributed by atoms with van der Waals surface area (Å²) in [5, 5.41) is 2.67. The van der Waals surface area contributed by atoms with Gasteiger partial charge in [-0.3, -0.25) is 9.52 Å². The quantitative estimate of drug-likeness (QED) is 0.845. The number of amides is 1. The number of carbonyl (C=O) groups is 1. The average Bonchev–Trinajstić information content (AvgIpc) is 2.40. The van der Waals surface area contributed by atoms with Gasteiger partial charge in [0.15, 0.2) is 0 Å². The maximum Gasteiger partial charge on any atom is 0.258 e. The molecule has 2 aromatic rings. The highest BCUT2D eigenvalue weighted by Gasteiger charge is 2.14. The standard InChI is InChI=1S/C13H12ClN3O3S/c1-21(19,20)17-11-7-3-2-6-10(11)16-13(18)9-5-4-8-15-12(9)14/h2-8,17H,1H3,(H,16,18). The molecule has 8 heteroatoms. The first kappa shape index (κ1) is 15.3.